The van der Waals surface area contributed by atoms with Gasteiger partial charge in [-0.3, -0.25) is 4.79 Å². The molecule has 1 aromatic heterocycles. The molecule has 0 saturated heterocycles. The van der Waals surface area contributed by atoms with Crippen LogP contribution in [0.4, 0.5) is 13.2 Å². The average molecular weight is 385 g/mol. The number of rotatable bonds is 3. The fourth-order valence-electron chi connectivity index (χ4n) is 2.16. The van der Waals surface area contributed by atoms with Gasteiger partial charge in [-0.2, -0.15) is 4.39 Å². The van der Waals surface area contributed by atoms with Crippen LogP contribution < -0.4 is 0 Å². The number of benzene rings is 2. The standard InChI is InChI=1S/C17H8ClF3O3S/c18-9-5-7(1-2-11(9)22)12-3-4-13(25-12)16(23)8-6-10(19)15(21)17(24)14(8)20/h1-6,22,24H. The molecular weight excluding hydrogens is 377 g/mol. The molecule has 128 valence electrons. The van der Waals surface area contributed by atoms with Gasteiger partial charge in [-0.25, -0.2) is 8.78 Å². The maximum Gasteiger partial charge on any atom is 0.206 e. The van der Waals surface area contributed by atoms with E-state index in [0.29, 0.717) is 16.5 Å². The molecule has 0 spiro atoms. The van der Waals surface area contributed by atoms with Gasteiger partial charge in [-0.1, -0.05) is 11.6 Å². The molecule has 0 atom stereocenters. The minimum atomic E-state index is -1.75. The van der Waals surface area contributed by atoms with E-state index in [2.05, 4.69) is 0 Å². The zero-order valence-electron chi connectivity index (χ0n) is 12.2. The van der Waals surface area contributed by atoms with Crippen LogP contribution in [0, 0.1) is 17.5 Å². The highest BCUT2D eigenvalue weighted by Crippen LogP contribution is 2.35. The number of phenolic OH excluding ortho intramolecular Hbond substituents is 2. The second-order valence-corrected chi connectivity index (χ2v) is 6.53. The van der Waals surface area contributed by atoms with E-state index >= 15 is 0 Å². The van der Waals surface area contributed by atoms with Gasteiger partial charge in [0.1, 0.15) is 5.75 Å². The lowest BCUT2D eigenvalue weighted by Crippen LogP contribution is -2.05. The quantitative estimate of drug-likeness (QED) is 0.486. The molecule has 0 amide bonds. The van der Waals surface area contributed by atoms with Gasteiger partial charge in [-0.05, 0) is 42.0 Å². The first kappa shape index (κ1) is 17.3. The Morgan fingerprint density at radius 2 is 1.72 bits per heavy atom. The van der Waals surface area contributed by atoms with Crippen LogP contribution in [-0.4, -0.2) is 16.0 Å². The molecule has 0 radical (unpaired) electrons. The first-order valence-corrected chi connectivity index (χ1v) is 7.99. The minimum Gasteiger partial charge on any atom is -0.506 e. The van der Waals surface area contributed by atoms with Crippen molar-refractivity contribution in [1.82, 2.24) is 0 Å². The maximum absolute atomic E-state index is 13.9. The van der Waals surface area contributed by atoms with E-state index in [4.69, 9.17) is 11.6 Å². The molecule has 0 aliphatic rings. The number of hydrogen-bond acceptors (Lipinski definition) is 4. The summed E-state index contributed by atoms with van der Waals surface area (Å²) in [6.45, 7) is 0. The topological polar surface area (TPSA) is 57.5 Å². The van der Waals surface area contributed by atoms with Gasteiger partial charge in [0, 0.05) is 4.88 Å². The summed E-state index contributed by atoms with van der Waals surface area (Å²) in [5.74, 6) is -7.33. The summed E-state index contributed by atoms with van der Waals surface area (Å²) in [7, 11) is 0. The Labute approximate surface area is 148 Å². The third-order valence-corrected chi connectivity index (χ3v) is 4.88. The van der Waals surface area contributed by atoms with Gasteiger partial charge in [0.15, 0.2) is 17.4 Å². The van der Waals surface area contributed by atoms with Crippen molar-refractivity contribution in [3.63, 3.8) is 0 Å². The number of aromatic hydroxyl groups is 2. The van der Waals surface area contributed by atoms with E-state index in [1.54, 1.807) is 12.1 Å². The molecule has 0 unspecified atom stereocenters. The van der Waals surface area contributed by atoms with E-state index in [1.807, 2.05) is 0 Å². The Bertz CT molecular complexity index is 1000. The van der Waals surface area contributed by atoms with Crippen LogP contribution in [0.3, 0.4) is 0 Å². The molecule has 2 aromatic carbocycles. The van der Waals surface area contributed by atoms with Crippen LogP contribution in [-0.2, 0) is 0 Å². The van der Waals surface area contributed by atoms with Crippen LogP contribution in [0.15, 0.2) is 36.4 Å². The molecule has 0 fully saturated rings. The van der Waals surface area contributed by atoms with Crippen molar-refractivity contribution < 1.29 is 28.2 Å². The molecule has 3 nitrogen and oxygen atoms in total. The Morgan fingerprint density at radius 1 is 1.00 bits per heavy atom. The number of carbonyl (C=O) groups excluding carboxylic acids is 1. The van der Waals surface area contributed by atoms with E-state index in [1.165, 1.54) is 18.2 Å². The summed E-state index contributed by atoms with van der Waals surface area (Å²) in [6.07, 6.45) is 0. The van der Waals surface area contributed by atoms with Crippen molar-refractivity contribution >= 4 is 28.7 Å². The molecule has 2 N–H and O–H groups in total. The smallest absolute Gasteiger partial charge is 0.206 e. The van der Waals surface area contributed by atoms with Crippen LogP contribution in [0.2, 0.25) is 5.02 Å². The van der Waals surface area contributed by atoms with Crippen molar-refractivity contribution in [2.24, 2.45) is 0 Å². The summed E-state index contributed by atoms with van der Waals surface area (Å²) < 4.78 is 40.4. The molecular formula is C17H8ClF3O3S. The van der Waals surface area contributed by atoms with Gasteiger partial charge >= 0.3 is 0 Å². The normalized spacial score (nSPS) is 10.9. The number of carbonyl (C=O) groups is 1. The molecule has 8 heteroatoms. The first-order chi connectivity index (χ1) is 11.8. The zero-order valence-corrected chi connectivity index (χ0v) is 13.8. The number of ketones is 1. The lowest BCUT2D eigenvalue weighted by molar-refractivity contribution is 0.103. The molecule has 3 rings (SSSR count). The molecule has 3 aromatic rings. The summed E-state index contributed by atoms with van der Waals surface area (Å²) in [5, 5.41) is 18.8. The zero-order chi connectivity index (χ0) is 18.3. The Balaban J connectivity index is 2.00. The van der Waals surface area contributed by atoms with Crippen LogP contribution in [0.1, 0.15) is 15.2 Å². The molecule has 25 heavy (non-hydrogen) atoms. The highest BCUT2D eigenvalue weighted by Gasteiger charge is 2.24. The molecule has 0 aliphatic carbocycles. The third-order valence-electron chi connectivity index (χ3n) is 3.44. The van der Waals surface area contributed by atoms with Gasteiger partial charge in [0.05, 0.1) is 15.5 Å². The molecule has 1 heterocycles. The Hall–Kier alpha value is -2.51. The fraction of sp³-hybridized carbons (Fsp3) is 0. The second kappa shape index (κ2) is 6.42. The van der Waals surface area contributed by atoms with Gasteiger partial charge < -0.3 is 10.2 Å². The summed E-state index contributed by atoms with van der Waals surface area (Å²) in [6, 6.07) is 7.81. The molecule has 0 aliphatic heterocycles. The van der Waals surface area contributed by atoms with E-state index in [0.717, 1.165) is 11.3 Å². The van der Waals surface area contributed by atoms with Crippen molar-refractivity contribution in [1.29, 1.82) is 0 Å². The number of halogens is 4. The predicted molar refractivity (Wildman–Crippen MR) is 87.8 cm³/mol. The fourth-order valence-corrected chi connectivity index (χ4v) is 3.30. The average Bonchev–Trinajstić information content (AvgIpc) is 3.08. The van der Waals surface area contributed by atoms with Crippen molar-refractivity contribution in [3.05, 3.63) is 69.3 Å². The largest absolute Gasteiger partial charge is 0.506 e. The monoisotopic (exact) mass is 384 g/mol. The van der Waals surface area contributed by atoms with E-state index < -0.39 is 34.5 Å². The van der Waals surface area contributed by atoms with Crippen LogP contribution >= 0.6 is 22.9 Å². The Kier molecular flexibility index (Phi) is 4.45. The third kappa shape index (κ3) is 3.08. The maximum atomic E-state index is 13.9. The minimum absolute atomic E-state index is 0.0588. The number of thiophene rings is 1. The number of hydrogen-bond donors (Lipinski definition) is 2. The van der Waals surface area contributed by atoms with Gasteiger partial charge in [0.2, 0.25) is 11.6 Å². The summed E-state index contributed by atoms with van der Waals surface area (Å²) in [5.41, 5.74) is -0.158. The van der Waals surface area contributed by atoms with Crippen molar-refractivity contribution in [3.8, 4) is 21.9 Å². The lowest BCUT2D eigenvalue weighted by Gasteiger charge is -2.05. The predicted octanol–water partition coefficient (Wildman–Crippen LogP) is 5.13. The molecule has 0 bridgehead atoms. The van der Waals surface area contributed by atoms with Crippen LogP contribution in [0.25, 0.3) is 10.4 Å². The lowest BCUT2D eigenvalue weighted by atomic mass is 10.1. The molecule has 0 saturated carbocycles. The second-order valence-electron chi connectivity index (χ2n) is 5.04. The first-order valence-electron chi connectivity index (χ1n) is 6.79. The van der Waals surface area contributed by atoms with Gasteiger partial charge in [0.25, 0.3) is 0 Å². The highest BCUT2D eigenvalue weighted by atomic mass is 35.5. The van der Waals surface area contributed by atoms with E-state index in [-0.39, 0.29) is 15.6 Å². The summed E-state index contributed by atoms with van der Waals surface area (Å²) in [4.78, 5) is 13.0. The van der Waals surface area contributed by atoms with Gasteiger partial charge in [-0.15, -0.1) is 11.3 Å². The SMILES string of the molecule is O=C(c1ccc(-c2ccc(O)c(Cl)c2)s1)c1cc(F)c(F)c(O)c1F. The summed E-state index contributed by atoms with van der Waals surface area (Å²) >= 11 is 6.81. The Morgan fingerprint density at radius 3 is 2.40 bits per heavy atom. The highest BCUT2D eigenvalue weighted by molar-refractivity contribution is 7.17. The van der Waals surface area contributed by atoms with Crippen LogP contribution in [0.5, 0.6) is 11.5 Å². The van der Waals surface area contributed by atoms with E-state index in [9.17, 15) is 28.2 Å². The number of phenols is 2. The van der Waals surface area contributed by atoms with Crippen molar-refractivity contribution in [2.75, 3.05) is 0 Å². The van der Waals surface area contributed by atoms with Crippen molar-refractivity contribution in [2.45, 2.75) is 0 Å².